The molecular formula is C17H18N2O5. The van der Waals surface area contributed by atoms with Gasteiger partial charge in [-0.2, -0.15) is 0 Å². The molecule has 126 valence electrons. The van der Waals surface area contributed by atoms with E-state index in [0.29, 0.717) is 13.2 Å². The number of nitro benzene ring substituents is 1. The van der Waals surface area contributed by atoms with Gasteiger partial charge in [0.05, 0.1) is 11.5 Å². The first-order chi connectivity index (χ1) is 11.6. The summed E-state index contributed by atoms with van der Waals surface area (Å²) in [7, 11) is 0. The van der Waals surface area contributed by atoms with E-state index in [4.69, 9.17) is 9.47 Å². The van der Waals surface area contributed by atoms with E-state index in [1.807, 2.05) is 30.3 Å². The maximum Gasteiger partial charge on any atom is 0.310 e. The van der Waals surface area contributed by atoms with Crippen LogP contribution in [-0.4, -0.2) is 30.6 Å². The van der Waals surface area contributed by atoms with E-state index in [9.17, 15) is 14.9 Å². The number of nitrogens with zero attached hydrogens (tertiary/aromatic N) is 1. The van der Waals surface area contributed by atoms with E-state index in [1.54, 1.807) is 13.0 Å². The maximum absolute atomic E-state index is 11.7. The van der Waals surface area contributed by atoms with Crippen LogP contribution in [0, 0.1) is 17.0 Å². The Hall–Kier alpha value is -3.09. The van der Waals surface area contributed by atoms with Gasteiger partial charge in [0.2, 0.25) is 0 Å². The lowest BCUT2D eigenvalue weighted by atomic mass is 10.2. The summed E-state index contributed by atoms with van der Waals surface area (Å²) < 4.78 is 10.7. The molecule has 0 fully saturated rings. The lowest BCUT2D eigenvalue weighted by Gasteiger charge is -2.09. The van der Waals surface area contributed by atoms with Crippen LogP contribution in [0.2, 0.25) is 0 Å². The first kappa shape index (κ1) is 17.3. The molecule has 0 radical (unpaired) electrons. The van der Waals surface area contributed by atoms with Gasteiger partial charge in [-0.3, -0.25) is 14.9 Å². The van der Waals surface area contributed by atoms with Crippen LogP contribution in [0.25, 0.3) is 0 Å². The predicted molar refractivity (Wildman–Crippen MR) is 88.3 cm³/mol. The first-order valence-electron chi connectivity index (χ1n) is 7.38. The highest BCUT2D eigenvalue weighted by molar-refractivity contribution is 5.77. The summed E-state index contributed by atoms with van der Waals surface area (Å²) in [6.07, 6.45) is 0. The Bertz CT molecular complexity index is 703. The summed E-state index contributed by atoms with van der Waals surface area (Å²) in [4.78, 5) is 22.1. The molecule has 0 saturated carbocycles. The van der Waals surface area contributed by atoms with Gasteiger partial charge in [-0.15, -0.1) is 0 Å². The number of amides is 1. The molecule has 0 saturated heterocycles. The van der Waals surface area contributed by atoms with E-state index >= 15 is 0 Å². The van der Waals surface area contributed by atoms with Gasteiger partial charge in [0, 0.05) is 6.07 Å². The zero-order chi connectivity index (χ0) is 17.4. The van der Waals surface area contributed by atoms with Gasteiger partial charge < -0.3 is 14.8 Å². The van der Waals surface area contributed by atoms with Crippen molar-refractivity contribution in [2.75, 3.05) is 19.8 Å². The number of carbonyl (C=O) groups excluding carboxylic acids is 1. The Kier molecular flexibility index (Phi) is 6.13. The molecule has 1 N–H and O–H groups in total. The molecular weight excluding hydrogens is 312 g/mol. The molecule has 1 amide bonds. The predicted octanol–water partition coefficient (Wildman–Crippen LogP) is 2.48. The van der Waals surface area contributed by atoms with E-state index in [2.05, 4.69) is 5.32 Å². The fourth-order valence-electron chi connectivity index (χ4n) is 1.96. The Morgan fingerprint density at radius 1 is 1.17 bits per heavy atom. The summed E-state index contributed by atoms with van der Waals surface area (Å²) in [6, 6.07) is 13.7. The van der Waals surface area contributed by atoms with Gasteiger partial charge in [0.1, 0.15) is 12.4 Å². The average molecular weight is 330 g/mol. The van der Waals surface area contributed by atoms with Gasteiger partial charge in [-0.05, 0) is 30.7 Å². The molecule has 0 aliphatic heterocycles. The van der Waals surface area contributed by atoms with E-state index in [-0.39, 0.29) is 24.0 Å². The van der Waals surface area contributed by atoms with Gasteiger partial charge in [0.25, 0.3) is 5.91 Å². The highest BCUT2D eigenvalue weighted by Gasteiger charge is 2.15. The van der Waals surface area contributed by atoms with Crippen LogP contribution in [0.5, 0.6) is 11.5 Å². The number of para-hydroxylation sites is 1. The van der Waals surface area contributed by atoms with Crippen molar-refractivity contribution in [2.24, 2.45) is 0 Å². The number of hydrogen-bond acceptors (Lipinski definition) is 5. The van der Waals surface area contributed by atoms with Crippen LogP contribution in [0.15, 0.2) is 48.5 Å². The van der Waals surface area contributed by atoms with Crippen molar-refractivity contribution in [3.63, 3.8) is 0 Å². The minimum absolute atomic E-state index is 0.0793. The third kappa shape index (κ3) is 5.28. The minimum Gasteiger partial charge on any atom is -0.492 e. The number of nitro groups is 1. The Morgan fingerprint density at radius 3 is 2.62 bits per heavy atom. The van der Waals surface area contributed by atoms with Crippen LogP contribution >= 0.6 is 0 Å². The van der Waals surface area contributed by atoms with Gasteiger partial charge in [0.15, 0.2) is 12.4 Å². The van der Waals surface area contributed by atoms with Crippen molar-refractivity contribution < 1.29 is 19.2 Å². The van der Waals surface area contributed by atoms with Crippen molar-refractivity contribution in [3.05, 3.63) is 64.2 Å². The number of rotatable bonds is 8. The van der Waals surface area contributed by atoms with Gasteiger partial charge in [-0.25, -0.2) is 0 Å². The lowest BCUT2D eigenvalue weighted by molar-refractivity contribution is -0.385. The molecule has 0 atom stereocenters. The fraction of sp³-hybridized carbons (Fsp3) is 0.235. The second kappa shape index (κ2) is 8.52. The van der Waals surface area contributed by atoms with Crippen molar-refractivity contribution in [1.82, 2.24) is 5.32 Å². The monoisotopic (exact) mass is 330 g/mol. The van der Waals surface area contributed by atoms with Crippen LogP contribution < -0.4 is 14.8 Å². The molecule has 0 aromatic heterocycles. The second-order valence-electron chi connectivity index (χ2n) is 5.03. The highest BCUT2D eigenvalue weighted by atomic mass is 16.6. The summed E-state index contributed by atoms with van der Waals surface area (Å²) >= 11 is 0. The second-order valence-corrected chi connectivity index (χ2v) is 5.03. The molecule has 2 aromatic carbocycles. The zero-order valence-electron chi connectivity index (χ0n) is 13.2. The third-order valence-corrected chi connectivity index (χ3v) is 3.11. The van der Waals surface area contributed by atoms with Crippen LogP contribution in [0.4, 0.5) is 5.69 Å². The van der Waals surface area contributed by atoms with E-state index in [0.717, 1.165) is 11.3 Å². The van der Waals surface area contributed by atoms with E-state index in [1.165, 1.54) is 12.1 Å². The molecule has 0 spiro atoms. The standard InChI is InChI=1S/C17H18N2O5/c1-13-7-8-15(19(21)22)16(11-13)24-12-17(20)18-9-10-23-14-5-3-2-4-6-14/h2-8,11H,9-10,12H2,1H3,(H,18,20). The molecule has 0 aliphatic rings. The molecule has 2 aromatic rings. The van der Waals surface area contributed by atoms with Crippen molar-refractivity contribution in [3.8, 4) is 11.5 Å². The smallest absolute Gasteiger partial charge is 0.310 e. The van der Waals surface area contributed by atoms with Gasteiger partial charge in [-0.1, -0.05) is 24.3 Å². The average Bonchev–Trinajstić information content (AvgIpc) is 2.57. The number of ether oxygens (including phenoxy) is 2. The topological polar surface area (TPSA) is 90.7 Å². The normalized spacial score (nSPS) is 10.0. The largest absolute Gasteiger partial charge is 0.492 e. The van der Waals surface area contributed by atoms with Crippen LogP contribution in [0.3, 0.4) is 0 Å². The number of hydrogen-bond donors (Lipinski definition) is 1. The van der Waals surface area contributed by atoms with Gasteiger partial charge >= 0.3 is 5.69 Å². The molecule has 0 heterocycles. The molecule has 0 unspecified atom stereocenters. The molecule has 2 rings (SSSR count). The van der Waals surface area contributed by atoms with Crippen LogP contribution in [0.1, 0.15) is 5.56 Å². The van der Waals surface area contributed by atoms with Crippen molar-refractivity contribution in [1.29, 1.82) is 0 Å². The summed E-state index contributed by atoms with van der Waals surface area (Å²) in [6.45, 7) is 2.13. The molecule has 0 aliphatic carbocycles. The maximum atomic E-state index is 11.7. The Labute approximate surface area is 139 Å². The minimum atomic E-state index is -0.541. The zero-order valence-corrected chi connectivity index (χ0v) is 13.2. The van der Waals surface area contributed by atoms with Crippen molar-refractivity contribution >= 4 is 11.6 Å². The first-order valence-corrected chi connectivity index (χ1v) is 7.38. The number of nitrogens with one attached hydrogen (secondary N) is 1. The third-order valence-electron chi connectivity index (χ3n) is 3.11. The number of aryl methyl sites for hydroxylation is 1. The molecule has 7 nitrogen and oxygen atoms in total. The number of carbonyl (C=O) groups is 1. The Balaban J connectivity index is 1.75. The summed E-state index contributed by atoms with van der Waals surface area (Å²) in [5, 5.41) is 13.6. The van der Waals surface area contributed by atoms with Crippen molar-refractivity contribution in [2.45, 2.75) is 6.92 Å². The molecule has 24 heavy (non-hydrogen) atoms. The lowest BCUT2D eigenvalue weighted by Crippen LogP contribution is -2.32. The van der Waals surface area contributed by atoms with Crippen LogP contribution in [-0.2, 0) is 4.79 Å². The summed E-state index contributed by atoms with van der Waals surface area (Å²) in [5.74, 6) is 0.427. The SMILES string of the molecule is Cc1ccc([N+](=O)[O-])c(OCC(=O)NCCOc2ccccc2)c1. The summed E-state index contributed by atoms with van der Waals surface area (Å²) in [5.41, 5.74) is 0.646. The number of benzene rings is 2. The molecule has 0 bridgehead atoms. The van der Waals surface area contributed by atoms with E-state index < -0.39 is 4.92 Å². The Morgan fingerprint density at radius 2 is 1.92 bits per heavy atom. The highest BCUT2D eigenvalue weighted by Crippen LogP contribution is 2.27. The quantitative estimate of drug-likeness (QED) is 0.456. The fourth-order valence-corrected chi connectivity index (χ4v) is 1.96. The molecule has 7 heteroatoms.